The van der Waals surface area contributed by atoms with E-state index in [-0.39, 0.29) is 30.6 Å². The van der Waals surface area contributed by atoms with Crippen molar-refractivity contribution < 1.29 is 43.1 Å². The van der Waals surface area contributed by atoms with Gasteiger partial charge in [0.1, 0.15) is 6.10 Å². The number of carbonyl (C=O) groups excluding carboxylic acids is 2. The number of ether oxygens (including phenoxy) is 6. The molecule has 2 heterocycles. The summed E-state index contributed by atoms with van der Waals surface area (Å²) in [7, 11) is 6.82. The Labute approximate surface area is 220 Å². The van der Waals surface area contributed by atoms with E-state index >= 15 is 0 Å². The van der Waals surface area contributed by atoms with E-state index in [1.807, 2.05) is 31.1 Å². The van der Waals surface area contributed by atoms with Gasteiger partial charge in [0.05, 0.1) is 26.7 Å². The fraction of sp³-hybridized carbons (Fsp3) is 0.481. The Balaban J connectivity index is 1.56. The number of fused-ring (bicyclic) bond motifs is 3. The SMILES string of the molecule is COc1cc([C@@H]2c3cc4c(cc3[C@@H](OC(=O)NCCCN(C)C)C3COC(=O)[C@@H]32)OCO4)cc(OC)c1O. The molecule has 1 amide bonds. The van der Waals surface area contributed by atoms with E-state index in [0.717, 1.165) is 18.5 Å². The van der Waals surface area contributed by atoms with Crippen LogP contribution in [0.25, 0.3) is 0 Å². The zero-order chi connectivity index (χ0) is 27.0. The number of cyclic esters (lactones) is 1. The van der Waals surface area contributed by atoms with E-state index in [4.69, 9.17) is 28.4 Å². The number of methoxy groups -OCH3 is 2. The normalized spacial score (nSPS) is 22.9. The summed E-state index contributed by atoms with van der Waals surface area (Å²) in [6.07, 6.45) is -0.550. The first-order valence-electron chi connectivity index (χ1n) is 12.5. The van der Waals surface area contributed by atoms with Gasteiger partial charge in [-0.3, -0.25) is 4.79 Å². The van der Waals surface area contributed by atoms with Gasteiger partial charge in [-0.2, -0.15) is 0 Å². The van der Waals surface area contributed by atoms with Crippen LogP contribution in [0.4, 0.5) is 4.79 Å². The molecule has 0 radical (unpaired) electrons. The molecule has 3 aliphatic rings. The minimum absolute atomic E-state index is 0.0660. The lowest BCUT2D eigenvalue weighted by atomic mass is 9.66. The predicted octanol–water partition coefficient (Wildman–Crippen LogP) is 2.79. The number of phenolic OH excluding ortho intramolecular Hbond substituents is 1. The quantitative estimate of drug-likeness (QED) is 0.390. The van der Waals surface area contributed by atoms with Crippen molar-refractivity contribution in [3.8, 4) is 28.7 Å². The summed E-state index contributed by atoms with van der Waals surface area (Å²) in [5, 5.41) is 13.3. The third-order valence-corrected chi connectivity index (χ3v) is 7.27. The molecule has 1 fully saturated rings. The van der Waals surface area contributed by atoms with Crippen LogP contribution in [0.3, 0.4) is 0 Å². The molecule has 11 heteroatoms. The van der Waals surface area contributed by atoms with Gasteiger partial charge in [0.2, 0.25) is 12.5 Å². The zero-order valence-electron chi connectivity index (χ0n) is 21.8. The first-order chi connectivity index (χ1) is 18.3. The molecule has 4 atom stereocenters. The van der Waals surface area contributed by atoms with Crippen LogP contribution in [0.2, 0.25) is 0 Å². The number of rotatable bonds is 8. The van der Waals surface area contributed by atoms with Gasteiger partial charge < -0.3 is 43.7 Å². The number of esters is 1. The van der Waals surface area contributed by atoms with Gasteiger partial charge in [0, 0.05) is 23.9 Å². The Bertz CT molecular complexity index is 1210. The number of aromatic hydroxyl groups is 1. The Hall–Kier alpha value is -3.86. The van der Waals surface area contributed by atoms with Crippen LogP contribution < -0.4 is 24.3 Å². The summed E-state index contributed by atoms with van der Waals surface area (Å²) in [5.41, 5.74) is 2.11. The third kappa shape index (κ3) is 4.62. The molecule has 1 unspecified atom stereocenters. The summed E-state index contributed by atoms with van der Waals surface area (Å²) in [5.74, 6) is -0.666. The van der Waals surface area contributed by atoms with Crippen molar-refractivity contribution in [1.82, 2.24) is 10.2 Å². The largest absolute Gasteiger partial charge is 0.502 e. The minimum atomic E-state index is -0.748. The smallest absolute Gasteiger partial charge is 0.407 e. The number of hydrogen-bond donors (Lipinski definition) is 2. The molecule has 0 bridgehead atoms. The van der Waals surface area contributed by atoms with E-state index in [2.05, 4.69) is 5.32 Å². The second-order valence-corrected chi connectivity index (χ2v) is 9.82. The van der Waals surface area contributed by atoms with E-state index in [0.29, 0.717) is 29.2 Å². The molecule has 0 saturated carbocycles. The monoisotopic (exact) mass is 528 g/mol. The number of nitrogens with zero attached hydrogens (tertiary/aromatic N) is 1. The summed E-state index contributed by atoms with van der Waals surface area (Å²) in [4.78, 5) is 28.0. The van der Waals surface area contributed by atoms with Crippen molar-refractivity contribution in [3.63, 3.8) is 0 Å². The van der Waals surface area contributed by atoms with Gasteiger partial charge in [-0.1, -0.05) is 0 Å². The Morgan fingerprint density at radius 2 is 1.71 bits per heavy atom. The van der Waals surface area contributed by atoms with Gasteiger partial charge in [0.15, 0.2) is 23.0 Å². The fourth-order valence-electron chi connectivity index (χ4n) is 5.50. The van der Waals surface area contributed by atoms with Crippen molar-refractivity contribution in [3.05, 3.63) is 41.0 Å². The standard InChI is InChI=1S/C27H32N2O9/c1-29(2)7-5-6-28-27(32)38-25-16-11-19-18(36-13-37-19)10-15(16)22(23-17(25)12-35-26(23)31)14-8-20(33-3)24(30)21(9-14)34-4/h8-11,17,22-23,25,30H,5-7,12-13H2,1-4H3,(H,28,32)/t17?,22-,23+,25-/m1/s1. The molecule has 2 N–H and O–H groups in total. The average Bonchev–Trinajstić information content (AvgIpc) is 3.52. The first-order valence-corrected chi connectivity index (χ1v) is 12.5. The molecule has 38 heavy (non-hydrogen) atoms. The second kappa shape index (κ2) is 10.5. The highest BCUT2D eigenvalue weighted by atomic mass is 16.7. The molecule has 5 rings (SSSR count). The van der Waals surface area contributed by atoms with Crippen LogP contribution in [-0.2, 0) is 14.3 Å². The zero-order valence-corrected chi connectivity index (χ0v) is 21.8. The van der Waals surface area contributed by atoms with Gasteiger partial charge in [0.25, 0.3) is 0 Å². The number of carbonyl (C=O) groups is 2. The summed E-state index contributed by atoms with van der Waals surface area (Å²) in [6, 6.07) is 6.99. The molecule has 0 spiro atoms. The van der Waals surface area contributed by atoms with Gasteiger partial charge in [-0.05, 0) is 62.5 Å². The average molecular weight is 529 g/mol. The van der Waals surface area contributed by atoms with E-state index in [1.54, 1.807) is 12.1 Å². The molecule has 0 aromatic heterocycles. The van der Waals surface area contributed by atoms with Crippen LogP contribution in [-0.4, -0.2) is 76.9 Å². The molecule has 204 valence electrons. The van der Waals surface area contributed by atoms with E-state index in [9.17, 15) is 14.7 Å². The van der Waals surface area contributed by atoms with Gasteiger partial charge in [-0.15, -0.1) is 0 Å². The maximum atomic E-state index is 13.2. The predicted molar refractivity (Wildman–Crippen MR) is 134 cm³/mol. The fourth-order valence-corrected chi connectivity index (χ4v) is 5.50. The van der Waals surface area contributed by atoms with Crippen molar-refractivity contribution in [1.29, 1.82) is 0 Å². The third-order valence-electron chi connectivity index (χ3n) is 7.27. The lowest BCUT2D eigenvalue weighted by Gasteiger charge is -2.38. The lowest BCUT2D eigenvalue weighted by molar-refractivity contribution is -0.141. The number of amides is 1. The van der Waals surface area contributed by atoms with Crippen LogP contribution in [0, 0.1) is 11.8 Å². The summed E-state index contributed by atoms with van der Waals surface area (Å²) in [6.45, 7) is 1.44. The highest BCUT2D eigenvalue weighted by molar-refractivity contribution is 5.79. The maximum Gasteiger partial charge on any atom is 0.407 e. The van der Waals surface area contributed by atoms with Gasteiger partial charge >= 0.3 is 12.1 Å². The van der Waals surface area contributed by atoms with Crippen LogP contribution in [0.15, 0.2) is 24.3 Å². The number of hydrogen-bond acceptors (Lipinski definition) is 10. The Morgan fingerprint density at radius 1 is 1.05 bits per heavy atom. The van der Waals surface area contributed by atoms with E-state index < -0.39 is 35.9 Å². The molecule has 2 aliphatic heterocycles. The Kier molecular flexibility index (Phi) is 7.11. The molecular formula is C27H32N2O9. The van der Waals surface area contributed by atoms with E-state index in [1.165, 1.54) is 14.2 Å². The highest BCUT2D eigenvalue weighted by Gasteiger charge is 2.54. The van der Waals surface area contributed by atoms with Crippen LogP contribution >= 0.6 is 0 Å². The first kappa shape index (κ1) is 25.8. The number of alkyl carbamates (subject to hydrolysis) is 1. The Morgan fingerprint density at radius 3 is 2.34 bits per heavy atom. The van der Waals surface area contributed by atoms with Gasteiger partial charge in [-0.25, -0.2) is 4.79 Å². The topological polar surface area (TPSA) is 125 Å². The van der Waals surface area contributed by atoms with Crippen molar-refractivity contribution in [2.45, 2.75) is 18.4 Å². The van der Waals surface area contributed by atoms with Crippen LogP contribution in [0.5, 0.6) is 28.7 Å². The molecule has 2 aromatic carbocycles. The lowest BCUT2D eigenvalue weighted by Crippen LogP contribution is -2.38. The molecule has 1 saturated heterocycles. The molecular weight excluding hydrogens is 496 g/mol. The van der Waals surface area contributed by atoms with Crippen LogP contribution in [0.1, 0.15) is 35.1 Å². The molecule has 2 aromatic rings. The minimum Gasteiger partial charge on any atom is -0.502 e. The summed E-state index contributed by atoms with van der Waals surface area (Å²) >= 11 is 0. The second-order valence-electron chi connectivity index (χ2n) is 9.82. The molecule has 11 nitrogen and oxygen atoms in total. The number of phenols is 1. The number of benzene rings is 2. The summed E-state index contributed by atoms with van der Waals surface area (Å²) < 4.78 is 33.5. The number of nitrogens with one attached hydrogen (secondary N) is 1. The van der Waals surface area contributed by atoms with Crippen molar-refractivity contribution in [2.75, 3.05) is 54.8 Å². The van der Waals surface area contributed by atoms with Crippen molar-refractivity contribution >= 4 is 12.1 Å². The highest BCUT2D eigenvalue weighted by Crippen LogP contribution is 2.56. The maximum absolute atomic E-state index is 13.2. The molecule has 1 aliphatic carbocycles. The van der Waals surface area contributed by atoms with Crippen molar-refractivity contribution in [2.24, 2.45) is 11.8 Å².